The van der Waals surface area contributed by atoms with Gasteiger partial charge in [0.15, 0.2) is 5.78 Å². The van der Waals surface area contributed by atoms with E-state index in [-0.39, 0.29) is 17.6 Å². The molecule has 3 rings (SSSR count). The molecule has 2 bridgehead atoms. The molecule has 2 aliphatic rings. The van der Waals surface area contributed by atoms with Gasteiger partial charge in [-0.05, 0) is 37.3 Å². The van der Waals surface area contributed by atoms with Gasteiger partial charge >= 0.3 is 5.97 Å². The molecule has 0 unspecified atom stereocenters. The van der Waals surface area contributed by atoms with Crippen LogP contribution >= 0.6 is 0 Å². The van der Waals surface area contributed by atoms with Crippen molar-refractivity contribution in [2.45, 2.75) is 33.1 Å². The van der Waals surface area contributed by atoms with Crippen LogP contribution in [0.4, 0.5) is 5.69 Å². The standard InChI is InChI=1S/C18H21NO4/c1-17(2)11-8-9-18(10-11,15(17)21)16(22)19-13-7-5-4-6-12(13)14(20)23-3/h4-7,11H,8-10H2,1-3H3,(H,19,22)/t11-,18+/m0/s1. The highest BCUT2D eigenvalue weighted by molar-refractivity contribution is 6.16. The van der Waals surface area contributed by atoms with Crippen molar-refractivity contribution in [3.8, 4) is 0 Å². The zero-order chi connectivity index (χ0) is 16.8. The van der Waals surface area contributed by atoms with Gasteiger partial charge in [0.25, 0.3) is 0 Å². The van der Waals surface area contributed by atoms with E-state index in [4.69, 9.17) is 4.74 Å². The number of fused-ring (bicyclic) bond motifs is 2. The molecule has 5 nitrogen and oxygen atoms in total. The van der Waals surface area contributed by atoms with Crippen LogP contribution in [0.1, 0.15) is 43.5 Å². The molecule has 1 amide bonds. The van der Waals surface area contributed by atoms with E-state index in [1.807, 2.05) is 13.8 Å². The number of anilines is 1. The Morgan fingerprint density at radius 2 is 1.96 bits per heavy atom. The molecule has 2 saturated carbocycles. The van der Waals surface area contributed by atoms with Gasteiger partial charge in [-0.3, -0.25) is 9.59 Å². The van der Waals surface area contributed by atoms with Gasteiger partial charge in [-0.15, -0.1) is 0 Å². The zero-order valence-electron chi connectivity index (χ0n) is 13.6. The van der Waals surface area contributed by atoms with E-state index < -0.39 is 16.8 Å². The summed E-state index contributed by atoms with van der Waals surface area (Å²) in [4.78, 5) is 37.5. The highest BCUT2D eigenvalue weighted by Crippen LogP contribution is 2.60. The third-order valence-corrected chi connectivity index (χ3v) is 5.57. The lowest BCUT2D eigenvalue weighted by Crippen LogP contribution is -2.44. The molecule has 2 aliphatic carbocycles. The number of esters is 1. The summed E-state index contributed by atoms with van der Waals surface area (Å²) in [6.45, 7) is 3.85. The first-order chi connectivity index (χ1) is 10.8. The molecule has 2 atom stereocenters. The summed E-state index contributed by atoms with van der Waals surface area (Å²) in [6, 6.07) is 6.68. The maximum absolute atomic E-state index is 12.9. The molecule has 0 saturated heterocycles. The van der Waals surface area contributed by atoms with Crippen molar-refractivity contribution in [3.63, 3.8) is 0 Å². The van der Waals surface area contributed by atoms with Gasteiger partial charge < -0.3 is 10.1 Å². The molecule has 0 aromatic heterocycles. The van der Waals surface area contributed by atoms with E-state index >= 15 is 0 Å². The SMILES string of the molecule is COC(=O)c1ccccc1NC(=O)[C@]12CC[C@@H](C1)C(C)(C)C2=O. The van der Waals surface area contributed by atoms with Crippen molar-refractivity contribution in [1.82, 2.24) is 0 Å². The smallest absolute Gasteiger partial charge is 0.339 e. The predicted octanol–water partition coefficient (Wildman–Crippen LogP) is 2.81. The average Bonchev–Trinajstić information content (AvgIpc) is 3.07. The number of ketones is 1. The first kappa shape index (κ1) is 15.7. The highest BCUT2D eigenvalue weighted by Gasteiger charge is 2.65. The number of hydrogen-bond donors (Lipinski definition) is 1. The fourth-order valence-corrected chi connectivity index (χ4v) is 4.10. The van der Waals surface area contributed by atoms with Crippen molar-refractivity contribution in [3.05, 3.63) is 29.8 Å². The number of ether oxygens (including phenoxy) is 1. The third-order valence-electron chi connectivity index (χ3n) is 5.57. The van der Waals surface area contributed by atoms with Crippen LogP contribution < -0.4 is 5.32 Å². The highest BCUT2D eigenvalue weighted by atomic mass is 16.5. The maximum Gasteiger partial charge on any atom is 0.339 e. The van der Waals surface area contributed by atoms with Crippen molar-refractivity contribution in [2.24, 2.45) is 16.7 Å². The predicted molar refractivity (Wildman–Crippen MR) is 85.0 cm³/mol. The summed E-state index contributed by atoms with van der Waals surface area (Å²) < 4.78 is 4.74. The Morgan fingerprint density at radius 3 is 2.57 bits per heavy atom. The summed E-state index contributed by atoms with van der Waals surface area (Å²) >= 11 is 0. The second-order valence-electron chi connectivity index (χ2n) is 7.06. The molecule has 0 spiro atoms. The number of amides is 1. The van der Waals surface area contributed by atoms with Gasteiger partial charge in [-0.2, -0.15) is 0 Å². The van der Waals surface area contributed by atoms with Crippen molar-refractivity contribution < 1.29 is 19.1 Å². The molecule has 2 fully saturated rings. The number of hydrogen-bond acceptors (Lipinski definition) is 4. The summed E-state index contributed by atoms with van der Waals surface area (Å²) in [5.41, 5.74) is -0.715. The molecular formula is C18H21NO4. The lowest BCUT2D eigenvalue weighted by Gasteiger charge is -2.32. The van der Waals surface area contributed by atoms with Crippen LogP contribution in [-0.2, 0) is 14.3 Å². The van der Waals surface area contributed by atoms with E-state index in [0.717, 1.165) is 6.42 Å². The van der Waals surface area contributed by atoms with Crippen molar-refractivity contribution >= 4 is 23.3 Å². The Labute approximate surface area is 135 Å². The zero-order valence-corrected chi connectivity index (χ0v) is 13.6. The summed E-state index contributed by atoms with van der Waals surface area (Å²) in [7, 11) is 1.30. The van der Waals surface area contributed by atoms with Crippen LogP contribution in [0, 0.1) is 16.7 Å². The topological polar surface area (TPSA) is 72.5 Å². The van der Waals surface area contributed by atoms with Gasteiger partial charge in [0.2, 0.25) is 5.91 Å². The summed E-state index contributed by atoms with van der Waals surface area (Å²) in [5.74, 6) is -0.529. The number of methoxy groups -OCH3 is 1. The van der Waals surface area contributed by atoms with Gasteiger partial charge in [0.05, 0.1) is 18.4 Å². The number of benzene rings is 1. The number of rotatable bonds is 3. The Morgan fingerprint density at radius 1 is 1.26 bits per heavy atom. The van der Waals surface area contributed by atoms with Crippen molar-refractivity contribution in [2.75, 3.05) is 12.4 Å². The lowest BCUT2D eigenvalue weighted by atomic mass is 9.70. The van der Waals surface area contributed by atoms with Crippen LogP contribution in [0.5, 0.6) is 0 Å². The average molecular weight is 315 g/mol. The third kappa shape index (κ3) is 2.18. The maximum atomic E-state index is 12.9. The largest absolute Gasteiger partial charge is 0.465 e. The molecular weight excluding hydrogens is 294 g/mol. The van der Waals surface area contributed by atoms with Crippen LogP contribution in [0.2, 0.25) is 0 Å². The molecule has 1 aromatic carbocycles. The number of nitrogens with one attached hydrogen (secondary N) is 1. The van der Waals surface area contributed by atoms with Crippen LogP contribution in [0.25, 0.3) is 0 Å². The monoisotopic (exact) mass is 315 g/mol. The Kier molecular flexibility index (Phi) is 3.54. The van der Waals surface area contributed by atoms with E-state index in [1.54, 1.807) is 24.3 Å². The Hall–Kier alpha value is -2.17. The van der Waals surface area contributed by atoms with E-state index in [0.29, 0.717) is 24.1 Å². The minimum Gasteiger partial charge on any atom is -0.465 e. The number of Topliss-reactive ketones (excluding diaryl/α,β-unsaturated/α-hetero) is 1. The van der Waals surface area contributed by atoms with Gasteiger partial charge in [0.1, 0.15) is 5.41 Å². The Bertz CT molecular complexity index is 694. The van der Waals surface area contributed by atoms with Crippen LogP contribution in [-0.4, -0.2) is 24.8 Å². The summed E-state index contributed by atoms with van der Waals surface area (Å²) in [5, 5.41) is 2.79. The van der Waals surface area contributed by atoms with E-state index in [9.17, 15) is 14.4 Å². The number of carbonyl (C=O) groups is 3. The normalized spacial score (nSPS) is 27.8. The second-order valence-corrected chi connectivity index (χ2v) is 7.06. The quantitative estimate of drug-likeness (QED) is 0.687. The molecule has 23 heavy (non-hydrogen) atoms. The minimum absolute atomic E-state index is 0.0225. The van der Waals surface area contributed by atoms with Gasteiger partial charge in [-0.25, -0.2) is 4.79 Å². The minimum atomic E-state index is -0.947. The lowest BCUT2D eigenvalue weighted by molar-refractivity contribution is -0.142. The number of carbonyl (C=O) groups excluding carboxylic acids is 3. The molecule has 1 N–H and O–H groups in total. The van der Waals surface area contributed by atoms with Crippen LogP contribution in [0.3, 0.4) is 0 Å². The van der Waals surface area contributed by atoms with E-state index in [1.165, 1.54) is 7.11 Å². The van der Waals surface area contributed by atoms with Crippen LogP contribution in [0.15, 0.2) is 24.3 Å². The summed E-state index contributed by atoms with van der Waals surface area (Å²) in [6.07, 6.45) is 2.09. The van der Waals surface area contributed by atoms with Gasteiger partial charge in [-0.1, -0.05) is 26.0 Å². The van der Waals surface area contributed by atoms with Gasteiger partial charge in [0, 0.05) is 5.41 Å². The molecule has 5 heteroatoms. The fourth-order valence-electron chi connectivity index (χ4n) is 4.10. The molecule has 1 aromatic rings. The number of para-hydroxylation sites is 1. The molecule has 122 valence electrons. The molecule has 0 radical (unpaired) electrons. The second kappa shape index (κ2) is 5.18. The molecule has 0 heterocycles. The first-order valence-corrected chi connectivity index (χ1v) is 7.86. The molecule has 0 aliphatic heterocycles. The first-order valence-electron chi connectivity index (χ1n) is 7.86. The van der Waals surface area contributed by atoms with E-state index in [2.05, 4.69) is 5.32 Å². The Balaban J connectivity index is 1.89. The fraction of sp³-hybridized carbons (Fsp3) is 0.500. The van der Waals surface area contributed by atoms with Crippen molar-refractivity contribution in [1.29, 1.82) is 0 Å².